The number of piperidine rings is 1. The second-order valence-corrected chi connectivity index (χ2v) is 6.79. The Hall–Kier alpha value is -0.750. The first-order chi connectivity index (χ1) is 9.66. The lowest BCUT2D eigenvalue weighted by Crippen LogP contribution is -2.38. The number of nitrogens with one attached hydrogen (secondary N) is 1. The molecule has 0 aromatic carbocycles. The molecule has 6 heteroatoms. The fourth-order valence-electron chi connectivity index (χ4n) is 2.72. The SMILES string of the molecule is CC(=O)N1CCCN(C(=O)CSC2CCNCC2)CC1. The summed E-state index contributed by atoms with van der Waals surface area (Å²) in [5.74, 6) is 0.937. The molecular weight excluding hydrogens is 274 g/mol. The lowest BCUT2D eigenvalue weighted by Gasteiger charge is -2.24. The van der Waals surface area contributed by atoms with Crippen LogP contribution in [0.4, 0.5) is 0 Å². The van der Waals surface area contributed by atoms with Crippen molar-refractivity contribution in [2.24, 2.45) is 0 Å². The van der Waals surface area contributed by atoms with E-state index in [0.29, 0.717) is 24.1 Å². The van der Waals surface area contributed by atoms with Crippen LogP contribution in [0, 0.1) is 0 Å². The van der Waals surface area contributed by atoms with Gasteiger partial charge in [-0.25, -0.2) is 0 Å². The third-order valence-corrected chi connectivity index (χ3v) is 5.38. The molecule has 0 radical (unpaired) electrons. The summed E-state index contributed by atoms with van der Waals surface area (Å²) in [6.45, 7) is 6.68. The highest BCUT2D eigenvalue weighted by molar-refractivity contribution is 8.00. The molecule has 0 aromatic rings. The summed E-state index contributed by atoms with van der Waals surface area (Å²) in [4.78, 5) is 27.4. The summed E-state index contributed by atoms with van der Waals surface area (Å²) < 4.78 is 0. The van der Waals surface area contributed by atoms with Crippen LogP contribution in [0.5, 0.6) is 0 Å². The fourth-order valence-corrected chi connectivity index (χ4v) is 3.85. The standard InChI is InChI=1S/C14H25N3O2S/c1-12(18)16-7-2-8-17(10-9-16)14(19)11-20-13-3-5-15-6-4-13/h13,15H,2-11H2,1H3. The quantitative estimate of drug-likeness (QED) is 0.827. The molecule has 1 N–H and O–H groups in total. The minimum absolute atomic E-state index is 0.114. The number of carbonyl (C=O) groups is 2. The summed E-state index contributed by atoms with van der Waals surface area (Å²) in [7, 11) is 0. The average Bonchev–Trinajstić information content (AvgIpc) is 2.72. The van der Waals surface area contributed by atoms with Gasteiger partial charge in [0.15, 0.2) is 0 Å². The van der Waals surface area contributed by atoms with Gasteiger partial charge in [-0.3, -0.25) is 9.59 Å². The van der Waals surface area contributed by atoms with Crippen molar-refractivity contribution in [3.8, 4) is 0 Å². The number of hydrogen-bond donors (Lipinski definition) is 1. The molecule has 0 aromatic heterocycles. The molecule has 0 unspecified atom stereocenters. The summed E-state index contributed by atoms with van der Waals surface area (Å²) >= 11 is 1.80. The summed E-state index contributed by atoms with van der Waals surface area (Å²) in [5.41, 5.74) is 0. The van der Waals surface area contributed by atoms with Gasteiger partial charge in [0.1, 0.15) is 0 Å². The molecule has 20 heavy (non-hydrogen) atoms. The minimum atomic E-state index is 0.114. The Morgan fingerprint density at radius 3 is 2.45 bits per heavy atom. The molecule has 0 aliphatic carbocycles. The molecule has 0 spiro atoms. The van der Waals surface area contributed by atoms with Gasteiger partial charge in [-0.15, -0.1) is 11.8 Å². The molecule has 114 valence electrons. The van der Waals surface area contributed by atoms with Crippen molar-refractivity contribution in [2.75, 3.05) is 45.0 Å². The van der Waals surface area contributed by atoms with Gasteiger partial charge in [-0.1, -0.05) is 0 Å². The molecule has 2 saturated heterocycles. The van der Waals surface area contributed by atoms with E-state index < -0.39 is 0 Å². The number of nitrogens with zero attached hydrogens (tertiary/aromatic N) is 2. The molecule has 2 aliphatic heterocycles. The molecule has 0 saturated carbocycles. The van der Waals surface area contributed by atoms with Gasteiger partial charge in [0.05, 0.1) is 5.75 Å². The first kappa shape index (κ1) is 15.6. The van der Waals surface area contributed by atoms with Crippen molar-refractivity contribution in [3.63, 3.8) is 0 Å². The second-order valence-electron chi connectivity index (χ2n) is 5.50. The first-order valence-electron chi connectivity index (χ1n) is 7.52. The molecule has 0 atom stereocenters. The molecular formula is C14H25N3O2S. The van der Waals surface area contributed by atoms with Crippen LogP contribution in [-0.2, 0) is 9.59 Å². The van der Waals surface area contributed by atoms with Crippen molar-refractivity contribution < 1.29 is 9.59 Å². The van der Waals surface area contributed by atoms with E-state index in [2.05, 4.69) is 5.32 Å². The topological polar surface area (TPSA) is 52.7 Å². The molecule has 2 fully saturated rings. The van der Waals surface area contributed by atoms with Crippen molar-refractivity contribution in [1.29, 1.82) is 0 Å². The van der Waals surface area contributed by atoms with Crippen LogP contribution in [0.25, 0.3) is 0 Å². The monoisotopic (exact) mass is 299 g/mol. The van der Waals surface area contributed by atoms with E-state index in [1.807, 2.05) is 9.80 Å². The number of hydrogen-bond acceptors (Lipinski definition) is 4. The van der Waals surface area contributed by atoms with Gasteiger partial charge in [0.2, 0.25) is 11.8 Å². The maximum absolute atomic E-state index is 12.3. The van der Waals surface area contributed by atoms with Crippen molar-refractivity contribution in [2.45, 2.75) is 31.4 Å². The highest BCUT2D eigenvalue weighted by Gasteiger charge is 2.21. The zero-order chi connectivity index (χ0) is 14.4. The van der Waals surface area contributed by atoms with Crippen LogP contribution < -0.4 is 5.32 Å². The molecule has 5 nitrogen and oxygen atoms in total. The lowest BCUT2D eigenvalue weighted by atomic mass is 10.2. The van der Waals surface area contributed by atoms with Crippen molar-refractivity contribution >= 4 is 23.6 Å². The summed E-state index contributed by atoms with van der Waals surface area (Å²) in [6.07, 6.45) is 3.22. The summed E-state index contributed by atoms with van der Waals surface area (Å²) in [5, 5.41) is 3.97. The first-order valence-corrected chi connectivity index (χ1v) is 8.57. The number of carbonyl (C=O) groups excluding carboxylic acids is 2. The zero-order valence-electron chi connectivity index (χ0n) is 12.3. The number of rotatable bonds is 3. The molecule has 2 rings (SSSR count). The van der Waals surface area contributed by atoms with Crippen LogP contribution in [0.15, 0.2) is 0 Å². The lowest BCUT2D eigenvalue weighted by molar-refractivity contribution is -0.130. The van der Waals surface area contributed by atoms with Crippen molar-refractivity contribution in [3.05, 3.63) is 0 Å². The fraction of sp³-hybridized carbons (Fsp3) is 0.857. The van der Waals surface area contributed by atoms with Crippen LogP contribution in [-0.4, -0.2) is 71.9 Å². The molecule has 2 amide bonds. The predicted octanol–water partition coefficient (Wildman–Crippen LogP) is 0.552. The van der Waals surface area contributed by atoms with E-state index in [0.717, 1.165) is 45.4 Å². The Balaban J connectivity index is 1.73. The van der Waals surface area contributed by atoms with E-state index in [9.17, 15) is 9.59 Å². The molecule has 0 bridgehead atoms. The number of thioether (sulfide) groups is 1. The van der Waals surface area contributed by atoms with Gasteiger partial charge in [0.25, 0.3) is 0 Å². The van der Waals surface area contributed by atoms with Crippen LogP contribution >= 0.6 is 11.8 Å². The largest absolute Gasteiger partial charge is 0.341 e. The van der Waals surface area contributed by atoms with E-state index in [4.69, 9.17) is 0 Å². The van der Waals surface area contributed by atoms with E-state index >= 15 is 0 Å². The van der Waals surface area contributed by atoms with Gasteiger partial charge in [-0.2, -0.15) is 0 Å². The normalized spacial score (nSPS) is 21.6. The molecule has 2 heterocycles. The predicted molar refractivity (Wildman–Crippen MR) is 81.8 cm³/mol. The second kappa shape index (κ2) is 7.88. The summed E-state index contributed by atoms with van der Waals surface area (Å²) in [6, 6.07) is 0. The van der Waals surface area contributed by atoms with Crippen LogP contribution in [0.3, 0.4) is 0 Å². The van der Waals surface area contributed by atoms with Gasteiger partial charge in [-0.05, 0) is 32.4 Å². The van der Waals surface area contributed by atoms with Gasteiger partial charge < -0.3 is 15.1 Å². The maximum atomic E-state index is 12.3. The van der Waals surface area contributed by atoms with E-state index in [1.54, 1.807) is 18.7 Å². The molecule has 2 aliphatic rings. The third kappa shape index (κ3) is 4.66. The Bertz CT molecular complexity index is 345. The Kier molecular flexibility index (Phi) is 6.16. The zero-order valence-corrected chi connectivity index (χ0v) is 13.1. The Morgan fingerprint density at radius 2 is 1.75 bits per heavy atom. The highest BCUT2D eigenvalue weighted by Crippen LogP contribution is 2.20. The smallest absolute Gasteiger partial charge is 0.232 e. The van der Waals surface area contributed by atoms with E-state index in [-0.39, 0.29) is 11.8 Å². The van der Waals surface area contributed by atoms with Crippen molar-refractivity contribution in [1.82, 2.24) is 15.1 Å². The van der Waals surface area contributed by atoms with Crippen LogP contribution in [0.1, 0.15) is 26.2 Å². The maximum Gasteiger partial charge on any atom is 0.232 e. The van der Waals surface area contributed by atoms with Crippen LogP contribution in [0.2, 0.25) is 0 Å². The number of amides is 2. The van der Waals surface area contributed by atoms with E-state index in [1.165, 1.54) is 0 Å². The Morgan fingerprint density at radius 1 is 1.10 bits per heavy atom. The third-order valence-electron chi connectivity index (χ3n) is 4.02. The van der Waals surface area contributed by atoms with Gasteiger partial charge in [0, 0.05) is 38.4 Å². The Labute approximate surface area is 125 Å². The van der Waals surface area contributed by atoms with Gasteiger partial charge >= 0.3 is 0 Å². The highest BCUT2D eigenvalue weighted by atomic mass is 32.2. The average molecular weight is 299 g/mol. The minimum Gasteiger partial charge on any atom is -0.341 e.